The molecule has 0 spiro atoms. The molecule has 1 N–H and O–H groups in total. The summed E-state index contributed by atoms with van der Waals surface area (Å²) in [5, 5.41) is 0. The molecule has 1 aliphatic heterocycles. The van der Waals surface area contributed by atoms with Crippen molar-refractivity contribution in [3.63, 3.8) is 0 Å². The highest BCUT2D eigenvalue weighted by atomic mass is 32.2. The third-order valence-electron chi connectivity index (χ3n) is 5.44. The second kappa shape index (κ2) is 12.4. The topological polar surface area (TPSA) is 79.0 Å². The van der Waals surface area contributed by atoms with Gasteiger partial charge >= 0.3 is 0 Å². The van der Waals surface area contributed by atoms with Gasteiger partial charge in [-0.1, -0.05) is 39.2 Å². The Balaban J connectivity index is 2.17. The van der Waals surface area contributed by atoms with Crippen LogP contribution in [0.2, 0.25) is 0 Å². The van der Waals surface area contributed by atoms with Gasteiger partial charge in [0.1, 0.15) is 0 Å². The number of morpholine rings is 1. The predicted octanol–water partition coefficient (Wildman–Crippen LogP) is 2.65. The first kappa shape index (κ1) is 24.8. The number of sulfonamides is 1. The Hall–Kier alpha value is -1.48. The van der Waals surface area contributed by atoms with Crippen molar-refractivity contribution in [1.29, 1.82) is 0 Å². The van der Waals surface area contributed by atoms with Crippen LogP contribution >= 0.6 is 0 Å². The molecule has 1 heterocycles. The van der Waals surface area contributed by atoms with Crippen molar-refractivity contribution in [2.75, 3.05) is 52.5 Å². The number of carbonyl (C=O) groups excluding carboxylic acids is 1. The lowest BCUT2D eigenvalue weighted by Crippen LogP contribution is -2.43. The van der Waals surface area contributed by atoms with E-state index < -0.39 is 10.0 Å². The van der Waals surface area contributed by atoms with Crippen LogP contribution in [0.3, 0.4) is 0 Å². The summed E-state index contributed by atoms with van der Waals surface area (Å²) in [6, 6.07) is 4.79. The lowest BCUT2D eigenvalue weighted by molar-refractivity contribution is 0.0324. The number of nitrogens with zero attached hydrogens (tertiary/aromatic N) is 2. The van der Waals surface area contributed by atoms with Gasteiger partial charge < -0.3 is 9.64 Å². The highest BCUT2D eigenvalue weighted by Crippen LogP contribution is 2.18. The molecule has 170 valence electrons. The molecular weight excluding hydrogens is 402 g/mol. The number of hydrogen-bond donors (Lipinski definition) is 1. The first-order chi connectivity index (χ1) is 14.4. The molecule has 0 aromatic heterocycles. The maximum absolute atomic E-state index is 13.4. The van der Waals surface area contributed by atoms with Crippen molar-refractivity contribution in [2.24, 2.45) is 0 Å². The Bertz CT molecular complexity index is 777. The highest BCUT2D eigenvalue weighted by molar-refractivity contribution is 7.89. The Kier molecular flexibility index (Phi) is 10.2. The molecule has 1 aromatic carbocycles. The number of unbranched alkanes of at least 4 members (excludes halogenated alkanes) is 3. The van der Waals surface area contributed by atoms with Crippen LogP contribution in [0.1, 0.15) is 55.5 Å². The third-order valence-corrected chi connectivity index (χ3v) is 6.99. The highest BCUT2D eigenvalue weighted by Gasteiger charge is 2.22. The minimum atomic E-state index is -3.61. The number of aryl methyl sites for hydroxylation is 1. The zero-order chi connectivity index (χ0) is 22.0. The summed E-state index contributed by atoms with van der Waals surface area (Å²) < 4.78 is 32.7. The van der Waals surface area contributed by atoms with Crippen molar-refractivity contribution in [3.05, 3.63) is 29.3 Å². The number of nitrogens with one attached hydrogen (secondary N) is 1. The van der Waals surface area contributed by atoms with Crippen molar-refractivity contribution >= 4 is 15.9 Å². The normalized spacial score (nSPS) is 15.3. The van der Waals surface area contributed by atoms with Crippen molar-refractivity contribution < 1.29 is 17.9 Å². The minimum Gasteiger partial charge on any atom is -0.379 e. The molecule has 0 bridgehead atoms. The Labute approximate surface area is 181 Å². The first-order valence-electron chi connectivity index (χ1n) is 11.1. The number of benzene rings is 1. The van der Waals surface area contributed by atoms with Gasteiger partial charge in [-0.05, 0) is 31.0 Å². The van der Waals surface area contributed by atoms with Gasteiger partial charge in [0.25, 0.3) is 5.91 Å². The molecule has 30 heavy (non-hydrogen) atoms. The summed E-state index contributed by atoms with van der Waals surface area (Å²) in [6.07, 6.45) is 4.34. The molecule has 0 radical (unpaired) electrons. The number of carbonyl (C=O) groups is 1. The van der Waals surface area contributed by atoms with Crippen molar-refractivity contribution in [3.8, 4) is 0 Å². The molecule has 7 nitrogen and oxygen atoms in total. The molecule has 1 fully saturated rings. The number of rotatable bonds is 12. The van der Waals surface area contributed by atoms with Crippen LogP contribution in [0.5, 0.6) is 0 Å². The Morgan fingerprint density at radius 2 is 1.87 bits per heavy atom. The lowest BCUT2D eigenvalue weighted by Gasteiger charge is -2.30. The summed E-state index contributed by atoms with van der Waals surface area (Å²) in [5.41, 5.74) is 1.26. The smallest absolute Gasteiger partial charge is 0.254 e. The van der Waals surface area contributed by atoms with Crippen LogP contribution in [0, 0.1) is 6.92 Å². The maximum atomic E-state index is 13.4. The van der Waals surface area contributed by atoms with Gasteiger partial charge in [-0.15, -0.1) is 0 Å². The molecule has 1 amide bonds. The summed E-state index contributed by atoms with van der Waals surface area (Å²) in [7, 11) is -3.61. The fraction of sp³-hybridized carbons (Fsp3) is 0.682. The molecule has 0 unspecified atom stereocenters. The number of hydrogen-bond acceptors (Lipinski definition) is 5. The van der Waals surface area contributed by atoms with E-state index in [1.54, 1.807) is 19.1 Å². The number of ether oxygens (including phenoxy) is 1. The van der Waals surface area contributed by atoms with Gasteiger partial charge in [-0.3, -0.25) is 9.69 Å². The van der Waals surface area contributed by atoms with E-state index in [0.717, 1.165) is 64.1 Å². The molecule has 0 atom stereocenters. The second-order valence-electron chi connectivity index (χ2n) is 7.78. The Morgan fingerprint density at radius 1 is 1.13 bits per heavy atom. The zero-order valence-electron chi connectivity index (χ0n) is 18.7. The fourth-order valence-electron chi connectivity index (χ4n) is 3.57. The molecule has 1 saturated heterocycles. The average molecular weight is 440 g/mol. The van der Waals surface area contributed by atoms with E-state index in [1.807, 2.05) is 11.8 Å². The lowest BCUT2D eigenvalue weighted by atomic mass is 10.1. The van der Waals surface area contributed by atoms with Gasteiger partial charge in [0.05, 0.1) is 18.1 Å². The van der Waals surface area contributed by atoms with Crippen LogP contribution in [0.4, 0.5) is 0 Å². The molecule has 1 aromatic rings. The summed E-state index contributed by atoms with van der Waals surface area (Å²) in [6.45, 7) is 11.4. The minimum absolute atomic E-state index is 0.0918. The SMILES string of the molecule is CCCCCCN(CCN1CCOCC1)C(=O)c1cc(S(=O)(=O)NCC)ccc1C. The van der Waals surface area contributed by atoms with E-state index in [4.69, 9.17) is 4.74 Å². The van der Waals surface area contributed by atoms with E-state index in [0.29, 0.717) is 25.2 Å². The van der Waals surface area contributed by atoms with Gasteiger partial charge in [0.2, 0.25) is 10.0 Å². The molecule has 0 aliphatic carbocycles. The molecule has 2 rings (SSSR count). The summed E-state index contributed by atoms with van der Waals surface area (Å²) >= 11 is 0. The van der Waals surface area contributed by atoms with E-state index in [-0.39, 0.29) is 10.8 Å². The first-order valence-corrected chi connectivity index (χ1v) is 12.6. The standard InChI is InChI=1S/C22H37N3O4S/c1-4-6-7-8-11-25(13-12-24-14-16-29-17-15-24)22(26)21-18-20(10-9-19(21)3)30(27,28)23-5-2/h9-10,18,23H,4-8,11-17H2,1-3H3. The van der Waals surface area contributed by atoms with Crippen LogP contribution in [-0.4, -0.2) is 76.6 Å². The quantitative estimate of drug-likeness (QED) is 0.507. The van der Waals surface area contributed by atoms with Crippen LogP contribution in [0.25, 0.3) is 0 Å². The van der Waals surface area contributed by atoms with Gasteiger partial charge in [-0.2, -0.15) is 0 Å². The van der Waals surface area contributed by atoms with Crippen LogP contribution < -0.4 is 4.72 Å². The largest absolute Gasteiger partial charge is 0.379 e. The van der Waals surface area contributed by atoms with Gasteiger partial charge in [0, 0.05) is 44.8 Å². The van der Waals surface area contributed by atoms with Crippen LogP contribution in [0.15, 0.2) is 23.1 Å². The monoisotopic (exact) mass is 439 g/mol. The maximum Gasteiger partial charge on any atom is 0.254 e. The predicted molar refractivity (Wildman–Crippen MR) is 119 cm³/mol. The van der Waals surface area contributed by atoms with E-state index in [1.165, 1.54) is 6.07 Å². The molecule has 8 heteroatoms. The summed E-state index contributed by atoms with van der Waals surface area (Å²) in [4.78, 5) is 17.7. The molecule has 1 aliphatic rings. The van der Waals surface area contributed by atoms with E-state index >= 15 is 0 Å². The van der Waals surface area contributed by atoms with E-state index in [2.05, 4.69) is 16.5 Å². The second-order valence-corrected chi connectivity index (χ2v) is 9.55. The van der Waals surface area contributed by atoms with Crippen molar-refractivity contribution in [2.45, 2.75) is 51.3 Å². The molecule has 0 saturated carbocycles. The van der Waals surface area contributed by atoms with Crippen molar-refractivity contribution in [1.82, 2.24) is 14.5 Å². The van der Waals surface area contributed by atoms with Gasteiger partial charge in [-0.25, -0.2) is 13.1 Å². The van der Waals surface area contributed by atoms with E-state index in [9.17, 15) is 13.2 Å². The zero-order valence-corrected chi connectivity index (χ0v) is 19.5. The number of amides is 1. The average Bonchev–Trinajstić information content (AvgIpc) is 2.73. The fourth-order valence-corrected chi connectivity index (χ4v) is 4.64. The van der Waals surface area contributed by atoms with Crippen LogP contribution in [-0.2, 0) is 14.8 Å². The summed E-state index contributed by atoms with van der Waals surface area (Å²) in [5.74, 6) is -0.0918. The molecular formula is C22H37N3O4S. The van der Waals surface area contributed by atoms with Gasteiger partial charge in [0.15, 0.2) is 0 Å². The Morgan fingerprint density at radius 3 is 2.53 bits per heavy atom. The third kappa shape index (κ3) is 7.34.